The average Bonchev–Trinajstić information content (AvgIpc) is 0. The maximum Gasteiger partial charge on any atom is 0 e. The van der Waals surface area contributed by atoms with Crippen molar-refractivity contribution in [2.24, 2.45) is 0 Å². The molecule has 0 saturated carbocycles. The largest absolute Gasteiger partial charge is 0.412 e. The van der Waals surface area contributed by atoms with Gasteiger partial charge in [-0.25, -0.2) is 0 Å². The average molecular weight is 273 g/mol. The van der Waals surface area contributed by atoms with Crippen molar-refractivity contribution in [3.63, 3.8) is 0 Å². The van der Waals surface area contributed by atoms with Crippen molar-refractivity contribution in [2.45, 2.75) is 0 Å². The fraction of sp³-hybridized carbons (Fsp3) is 0. The third-order valence-electron chi connectivity index (χ3n) is 0. The second kappa shape index (κ2) is 299. The van der Waals surface area contributed by atoms with Crippen LogP contribution in [0.3, 0.4) is 0 Å². The van der Waals surface area contributed by atoms with E-state index in [1.807, 2.05) is 0 Å². The monoisotopic (exact) mass is 271 g/mol. The van der Waals surface area contributed by atoms with Gasteiger partial charge < -0.3 is 21.9 Å². The summed E-state index contributed by atoms with van der Waals surface area (Å²) in [6, 6.07) is 0. The molecule has 0 unspecified atom stereocenters. The van der Waals surface area contributed by atoms with Crippen LogP contribution in [0.4, 0.5) is 0 Å². The molecule has 0 aromatic heterocycles. The predicted molar refractivity (Wildman–Crippen MR) is 43.4 cm³/mol. The van der Waals surface area contributed by atoms with Gasteiger partial charge in [-0.3, -0.25) is 0 Å². The molecule has 0 heterocycles. The van der Waals surface area contributed by atoms with Gasteiger partial charge in [-0.2, -0.15) is 0 Å². The molecular weight excluding hydrogens is 261 g/mol. The third-order valence-corrected chi connectivity index (χ3v) is 0. The van der Waals surface area contributed by atoms with Crippen LogP contribution in [-0.4, -0.2) is 21.9 Å². The molecule has 0 spiro atoms. The molecule has 0 rings (SSSR count). The first kappa shape index (κ1) is 413. The van der Waals surface area contributed by atoms with Crippen LogP contribution < -0.4 is 0 Å². The fourth-order valence-electron chi connectivity index (χ4n) is 0. The van der Waals surface area contributed by atoms with Gasteiger partial charge in [0, 0.05) is 17.1 Å². The molecule has 0 aliphatic rings. The zero-order valence-corrected chi connectivity index (χ0v) is 8.46. The molecule has 0 atom stereocenters. The van der Waals surface area contributed by atoms with Crippen LogP contribution in [0.1, 0.15) is 0 Å². The van der Waals surface area contributed by atoms with Gasteiger partial charge >= 0.3 is 0 Å². The molecule has 0 saturated heterocycles. The summed E-state index contributed by atoms with van der Waals surface area (Å²) in [4.78, 5) is 0. The molecule has 4 nitrogen and oxygen atoms in total. The zero-order valence-electron chi connectivity index (χ0n) is 4.01. The number of halogens is 4. The Labute approximate surface area is 88.5 Å². The van der Waals surface area contributed by atoms with Gasteiger partial charge in [0.15, 0.2) is 0 Å². The van der Waals surface area contributed by atoms with Gasteiger partial charge in [-0.1, -0.05) is 0 Å². The Morgan fingerprint density at radius 1 is 0.333 bits per heavy atom. The minimum absolute atomic E-state index is 0. The summed E-state index contributed by atoms with van der Waals surface area (Å²) >= 11 is 0. The maximum atomic E-state index is 0. The van der Waals surface area contributed by atoms with E-state index >= 15 is 0 Å². The smallest absolute Gasteiger partial charge is 0 e. The maximum absolute atomic E-state index is 0. The summed E-state index contributed by atoms with van der Waals surface area (Å²) in [5.74, 6) is 0. The minimum atomic E-state index is 0. The first-order chi connectivity index (χ1) is 0. The van der Waals surface area contributed by atoms with E-state index in [1.54, 1.807) is 0 Å². The topological polar surface area (TPSA) is 126 Å². The predicted octanol–water partition coefficient (Wildman–Crippen LogP) is -1.61. The zero-order chi connectivity index (χ0) is 0. The molecule has 0 fully saturated rings. The molecule has 0 aliphatic heterocycles. The first-order valence-electron chi connectivity index (χ1n) is 0. The Morgan fingerprint density at radius 2 is 0.333 bits per heavy atom. The van der Waals surface area contributed by atoms with E-state index in [2.05, 4.69) is 0 Å². The van der Waals surface area contributed by atoms with E-state index < -0.39 is 0 Å². The second-order valence-corrected chi connectivity index (χ2v) is 0. The Bertz CT molecular complexity index is 12.5. The van der Waals surface area contributed by atoms with Crippen LogP contribution >= 0.6 is 49.6 Å². The molecule has 0 aromatic carbocycles. The Kier molecular flexibility index (Phi) is 13700. The number of hydrogen-bond donors (Lipinski definition) is 0. The van der Waals surface area contributed by atoms with Crippen LogP contribution in [0.25, 0.3) is 0 Å². The van der Waals surface area contributed by atoms with Gasteiger partial charge in [0.05, 0.1) is 0 Å². The SMILES string of the molecule is Cl.Cl.Cl.Cl.O.O.O.O.[Mn]. The van der Waals surface area contributed by atoms with E-state index in [4.69, 9.17) is 0 Å². The van der Waals surface area contributed by atoms with Crippen molar-refractivity contribution in [2.75, 3.05) is 0 Å². The molecule has 71 valence electrons. The summed E-state index contributed by atoms with van der Waals surface area (Å²) in [6.45, 7) is 0. The summed E-state index contributed by atoms with van der Waals surface area (Å²) in [7, 11) is 0. The first-order valence-corrected chi connectivity index (χ1v) is 0. The van der Waals surface area contributed by atoms with Crippen molar-refractivity contribution in [3.05, 3.63) is 0 Å². The van der Waals surface area contributed by atoms with E-state index in [0.29, 0.717) is 0 Å². The number of rotatable bonds is 0. The van der Waals surface area contributed by atoms with Crippen LogP contribution in [0.2, 0.25) is 0 Å². The second-order valence-electron chi connectivity index (χ2n) is 0. The Balaban J connectivity index is 0. The molecule has 8 N–H and O–H groups in total. The van der Waals surface area contributed by atoms with Crippen LogP contribution in [0.5, 0.6) is 0 Å². The van der Waals surface area contributed by atoms with Gasteiger partial charge in [-0.05, 0) is 0 Å². The summed E-state index contributed by atoms with van der Waals surface area (Å²) in [5, 5.41) is 0. The van der Waals surface area contributed by atoms with E-state index in [1.165, 1.54) is 0 Å². The molecule has 1 radical (unpaired) electrons. The van der Waals surface area contributed by atoms with E-state index in [-0.39, 0.29) is 88.6 Å². The third kappa shape index (κ3) is 233. The van der Waals surface area contributed by atoms with Gasteiger partial charge in [-0.15, -0.1) is 49.6 Å². The molecule has 9 heavy (non-hydrogen) atoms. The van der Waals surface area contributed by atoms with Gasteiger partial charge in [0.2, 0.25) is 0 Å². The van der Waals surface area contributed by atoms with Crippen LogP contribution in [0.15, 0.2) is 0 Å². The summed E-state index contributed by atoms with van der Waals surface area (Å²) < 4.78 is 0. The Hall–Kier alpha value is 1.52. The Morgan fingerprint density at radius 3 is 0.333 bits per heavy atom. The molecule has 0 aromatic rings. The van der Waals surface area contributed by atoms with Gasteiger partial charge in [0.1, 0.15) is 0 Å². The fourth-order valence-corrected chi connectivity index (χ4v) is 0. The van der Waals surface area contributed by atoms with E-state index in [0.717, 1.165) is 0 Å². The van der Waals surface area contributed by atoms with Gasteiger partial charge in [0.25, 0.3) is 0 Å². The van der Waals surface area contributed by atoms with Crippen molar-refractivity contribution in [3.8, 4) is 0 Å². The standard InChI is InChI=1S/4ClH.Mn.4H2O/h4*1H;;4*1H2. The molecule has 0 bridgehead atoms. The minimum Gasteiger partial charge on any atom is -0.412 e. The van der Waals surface area contributed by atoms with Crippen molar-refractivity contribution < 1.29 is 39.0 Å². The molecular formula is H12Cl4MnO4. The summed E-state index contributed by atoms with van der Waals surface area (Å²) in [6.07, 6.45) is 0. The van der Waals surface area contributed by atoms with Crippen molar-refractivity contribution >= 4 is 49.6 Å². The van der Waals surface area contributed by atoms with E-state index in [9.17, 15) is 0 Å². The molecule has 9 heteroatoms. The summed E-state index contributed by atoms with van der Waals surface area (Å²) in [5.41, 5.74) is 0. The number of hydrogen-bond acceptors (Lipinski definition) is 0. The van der Waals surface area contributed by atoms with Crippen LogP contribution in [0, 0.1) is 0 Å². The normalized spacial score (nSPS) is 0. The molecule has 0 aliphatic carbocycles. The van der Waals surface area contributed by atoms with Crippen molar-refractivity contribution in [1.82, 2.24) is 0 Å². The quantitative estimate of drug-likeness (QED) is 0.470. The van der Waals surface area contributed by atoms with Crippen LogP contribution in [-0.2, 0) is 17.1 Å². The molecule has 0 amide bonds. The van der Waals surface area contributed by atoms with Crippen molar-refractivity contribution in [1.29, 1.82) is 0 Å².